The van der Waals surface area contributed by atoms with E-state index in [0.29, 0.717) is 0 Å². The molecule has 0 rings (SSSR count). The van der Waals surface area contributed by atoms with E-state index in [0.717, 1.165) is 0 Å². The molecule has 0 spiro atoms. The number of carbonyl (C=O) groups is 2. The van der Waals surface area contributed by atoms with Gasteiger partial charge in [-0.3, -0.25) is 0 Å². The molecule has 44 valence electrons. The zero-order valence-electron chi connectivity index (χ0n) is 4.38. The summed E-state index contributed by atoms with van der Waals surface area (Å²) in [5.74, 6) is 0.963. The van der Waals surface area contributed by atoms with Crippen molar-refractivity contribution in [3.8, 4) is 24.7 Å². The summed E-state index contributed by atoms with van der Waals surface area (Å²) in [6.45, 7) is 0. The van der Waals surface area contributed by atoms with Crippen molar-refractivity contribution in [1.82, 2.24) is 0 Å². The minimum atomic E-state index is -1.07. The summed E-state index contributed by atoms with van der Waals surface area (Å²) in [7, 11) is 0. The van der Waals surface area contributed by atoms with Crippen LogP contribution in [0.15, 0.2) is 0 Å². The van der Waals surface area contributed by atoms with E-state index in [2.05, 4.69) is 17.6 Å². The fraction of sp³-hybridized carbons (Fsp3) is 0. The topological polar surface area (TPSA) is 43.4 Å². The van der Waals surface area contributed by atoms with E-state index in [-0.39, 0.29) is 0 Å². The van der Waals surface area contributed by atoms with Gasteiger partial charge in [0.25, 0.3) is 0 Å². The van der Waals surface area contributed by atoms with Gasteiger partial charge in [0.15, 0.2) is 0 Å². The lowest BCUT2D eigenvalue weighted by Gasteiger charge is -1.86. The van der Waals surface area contributed by atoms with Crippen LogP contribution in [-0.4, -0.2) is 11.9 Å². The van der Waals surface area contributed by atoms with Crippen molar-refractivity contribution in [1.29, 1.82) is 0 Å². The van der Waals surface area contributed by atoms with Crippen molar-refractivity contribution < 1.29 is 14.3 Å². The van der Waals surface area contributed by atoms with Gasteiger partial charge in [0.2, 0.25) is 0 Å². The number of carbonyl (C=O) groups excluding carboxylic acids is 2. The Balaban J connectivity index is 3.82. The molecule has 9 heavy (non-hydrogen) atoms. The molecule has 0 atom stereocenters. The summed E-state index contributed by atoms with van der Waals surface area (Å²) in [4.78, 5) is 20.0. The summed E-state index contributed by atoms with van der Waals surface area (Å²) in [6.07, 6.45) is 9.06. The highest BCUT2D eigenvalue weighted by molar-refractivity contribution is 6.01. The Labute approximate surface area is 52.0 Å². The summed E-state index contributed by atoms with van der Waals surface area (Å²) in [5.41, 5.74) is 0. The predicted molar refractivity (Wildman–Crippen MR) is 28.8 cm³/mol. The number of hydrogen-bond acceptors (Lipinski definition) is 3. The molecule has 3 heteroatoms. The maximum absolute atomic E-state index is 10.0. The second-order valence-corrected chi connectivity index (χ2v) is 0.966. The van der Waals surface area contributed by atoms with E-state index >= 15 is 0 Å². The van der Waals surface area contributed by atoms with Gasteiger partial charge < -0.3 is 4.74 Å². The first-order valence-electron chi connectivity index (χ1n) is 1.89. The number of hydrogen-bond donors (Lipinski definition) is 0. The Morgan fingerprint density at radius 1 is 1.11 bits per heavy atom. The van der Waals surface area contributed by atoms with Crippen LogP contribution in [0.1, 0.15) is 0 Å². The third-order valence-corrected chi connectivity index (χ3v) is 0.421. The average molecular weight is 122 g/mol. The van der Waals surface area contributed by atoms with Gasteiger partial charge in [0, 0.05) is 11.8 Å². The SMILES string of the molecule is C#CC(=O)OC(=O)C#C. The Kier molecular flexibility index (Phi) is 2.65. The molecule has 0 bridgehead atoms. The fourth-order valence-electron chi connectivity index (χ4n) is 0.143. The van der Waals surface area contributed by atoms with Crippen molar-refractivity contribution in [2.45, 2.75) is 0 Å². The molecule has 0 aliphatic carbocycles. The monoisotopic (exact) mass is 122 g/mol. The third kappa shape index (κ3) is 2.90. The van der Waals surface area contributed by atoms with E-state index in [1.54, 1.807) is 11.8 Å². The van der Waals surface area contributed by atoms with Crippen molar-refractivity contribution in [2.24, 2.45) is 0 Å². The molecule has 0 aromatic heterocycles. The normalized spacial score (nSPS) is 6.44. The minimum absolute atomic E-state index is 1.07. The molecule has 0 unspecified atom stereocenters. The zero-order valence-corrected chi connectivity index (χ0v) is 4.38. The van der Waals surface area contributed by atoms with Crippen LogP contribution in [0.25, 0.3) is 0 Å². The molecule has 0 heterocycles. The Bertz CT molecular complexity index is 189. The molecule has 0 aliphatic heterocycles. The second-order valence-electron chi connectivity index (χ2n) is 0.966. The van der Waals surface area contributed by atoms with Crippen LogP contribution in [0.4, 0.5) is 0 Å². The lowest BCUT2D eigenvalue weighted by molar-refractivity contribution is -0.151. The van der Waals surface area contributed by atoms with Gasteiger partial charge in [-0.15, -0.1) is 12.8 Å². The smallest absolute Gasteiger partial charge is 0.373 e. The summed E-state index contributed by atoms with van der Waals surface area (Å²) < 4.78 is 3.80. The van der Waals surface area contributed by atoms with Crippen LogP contribution in [0.2, 0.25) is 0 Å². The zero-order chi connectivity index (χ0) is 7.28. The van der Waals surface area contributed by atoms with Gasteiger partial charge in [-0.25, -0.2) is 9.59 Å². The third-order valence-electron chi connectivity index (χ3n) is 0.421. The quantitative estimate of drug-likeness (QED) is 0.185. The first-order valence-corrected chi connectivity index (χ1v) is 1.89. The molecular weight excluding hydrogens is 120 g/mol. The van der Waals surface area contributed by atoms with Crippen LogP contribution in [0, 0.1) is 24.7 Å². The van der Waals surface area contributed by atoms with Crippen molar-refractivity contribution in [3.63, 3.8) is 0 Å². The van der Waals surface area contributed by atoms with E-state index in [1.165, 1.54) is 0 Å². The van der Waals surface area contributed by atoms with Crippen LogP contribution in [0.5, 0.6) is 0 Å². The van der Waals surface area contributed by atoms with Crippen LogP contribution < -0.4 is 0 Å². The highest BCUT2D eigenvalue weighted by Gasteiger charge is 2.01. The Morgan fingerprint density at radius 3 is 1.67 bits per heavy atom. The highest BCUT2D eigenvalue weighted by atomic mass is 16.6. The molecule has 0 aromatic carbocycles. The molecule has 0 aliphatic rings. The first-order chi connectivity index (χ1) is 4.20. The molecule has 3 nitrogen and oxygen atoms in total. The van der Waals surface area contributed by atoms with Crippen molar-refractivity contribution >= 4 is 11.9 Å². The maximum Gasteiger partial charge on any atom is 0.392 e. The number of ether oxygens (including phenoxy) is 1. The van der Waals surface area contributed by atoms with Gasteiger partial charge in [-0.05, 0) is 0 Å². The lowest BCUT2D eigenvalue weighted by Crippen LogP contribution is -2.06. The summed E-state index contributed by atoms with van der Waals surface area (Å²) >= 11 is 0. The van der Waals surface area contributed by atoms with Gasteiger partial charge >= 0.3 is 11.9 Å². The average Bonchev–Trinajstić information content (AvgIpc) is 1.87. The van der Waals surface area contributed by atoms with Crippen LogP contribution >= 0.6 is 0 Å². The molecule has 0 saturated carbocycles. The van der Waals surface area contributed by atoms with Crippen molar-refractivity contribution in [2.75, 3.05) is 0 Å². The lowest BCUT2D eigenvalue weighted by atomic mass is 10.6. The van der Waals surface area contributed by atoms with Gasteiger partial charge in [0.1, 0.15) is 0 Å². The molecule has 0 amide bonds. The van der Waals surface area contributed by atoms with Gasteiger partial charge in [-0.2, -0.15) is 0 Å². The number of esters is 2. The van der Waals surface area contributed by atoms with E-state index in [9.17, 15) is 9.59 Å². The van der Waals surface area contributed by atoms with Crippen molar-refractivity contribution in [3.05, 3.63) is 0 Å². The fourth-order valence-corrected chi connectivity index (χ4v) is 0.143. The van der Waals surface area contributed by atoms with E-state index < -0.39 is 11.9 Å². The molecular formula is C6H2O3. The number of rotatable bonds is 0. The van der Waals surface area contributed by atoms with Gasteiger partial charge in [0.05, 0.1) is 0 Å². The Morgan fingerprint density at radius 2 is 1.44 bits per heavy atom. The largest absolute Gasteiger partial charge is 0.392 e. The number of terminal acetylenes is 2. The maximum atomic E-state index is 10.0. The second kappa shape index (κ2) is 3.29. The Hall–Kier alpha value is -1.74. The van der Waals surface area contributed by atoms with E-state index in [1.807, 2.05) is 0 Å². The highest BCUT2D eigenvalue weighted by Crippen LogP contribution is 1.74. The summed E-state index contributed by atoms with van der Waals surface area (Å²) in [5, 5.41) is 0. The predicted octanol–water partition coefficient (Wildman–Crippen LogP) is -0.677. The van der Waals surface area contributed by atoms with Gasteiger partial charge in [-0.1, -0.05) is 0 Å². The van der Waals surface area contributed by atoms with Crippen LogP contribution in [-0.2, 0) is 14.3 Å². The molecule has 0 radical (unpaired) electrons. The first kappa shape index (κ1) is 7.26. The van der Waals surface area contributed by atoms with E-state index in [4.69, 9.17) is 0 Å². The summed E-state index contributed by atoms with van der Waals surface area (Å²) in [6, 6.07) is 0. The molecule has 0 aromatic rings. The standard InChI is InChI=1S/C6H2O3/c1-3-5(7)9-6(8)4-2/h1-2H. The molecule has 0 fully saturated rings. The minimum Gasteiger partial charge on any atom is -0.373 e. The molecule has 0 saturated heterocycles. The molecule has 0 N–H and O–H groups in total. The van der Waals surface area contributed by atoms with Crippen LogP contribution in [0.3, 0.4) is 0 Å².